The fourth-order valence-electron chi connectivity index (χ4n) is 0.900. The minimum atomic E-state index is 0.484. The summed E-state index contributed by atoms with van der Waals surface area (Å²) in [5, 5.41) is 11.9. The number of nitrogens with zero attached hydrogens (tertiary/aromatic N) is 2. The molecule has 0 unspecified atom stereocenters. The van der Waals surface area contributed by atoms with Gasteiger partial charge in [0.05, 0.1) is 6.07 Å². The van der Waals surface area contributed by atoms with Crippen LogP contribution < -0.4 is 5.32 Å². The quantitative estimate of drug-likeness (QED) is 0.611. The molecule has 1 N–H and O–H groups in total. The van der Waals surface area contributed by atoms with E-state index in [1.54, 1.807) is 12.3 Å². The van der Waals surface area contributed by atoms with Crippen molar-refractivity contribution in [3.63, 3.8) is 0 Å². The number of nitrogens with one attached hydrogen (secondary N) is 1. The Labute approximate surface area is 88.0 Å². The second kappa shape index (κ2) is 5.25. The van der Waals surface area contributed by atoms with E-state index >= 15 is 0 Å². The Bertz CT molecular complexity index is 362. The molecular formula is C10H10ClN3. The number of nitriles is 1. The summed E-state index contributed by atoms with van der Waals surface area (Å²) in [7, 11) is 0. The molecule has 0 aliphatic rings. The lowest BCUT2D eigenvalue weighted by molar-refractivity contribution is 0.808. The summed E-state index contributed by atoms with van der Waals surface area (Å²) in [6, 6.07) is 5.58. The predicted octanol–water partition coefficient (Wildman–Crippen LogP) is 2.25. The highest BCUT2D eigenvalue weighted by Gasteiger charge is 1.93. The maximum atomic E-state index is 8.37. The van der Waals surface area contributed by atoms with E-state index in [4.69, 9.17) is 16.9 Å². The Kier molecular flexibility index (Phi) is 3.96. The summed E-state index contributed by atoms with van der Waals surface area (Å²) in [5.41, 5.74) is 1.86. The van der Waals surface area contributed by atoms with Crippen LogP contribution >= 0.6 is 11.6 Å². The van der Waals surface area contributed by atoms with E-state index in [0.29, 0.717) is 11.7 Å². The monoisotopic (exact) mass is 207 g/mol. The molecule has 0 saturated carbocycles. The summed E-state index contributed by atoms with van der Waals surface area (Å²) in [5.74, 6) is 0. The van der Waals surface area contributed by atoms with Gasteiger partial charge >= 0.3 is 0 Å². The molecule has 1 aromatic heterocycles. The van der Waals surface area contributed by atoms with Crippen molar-refractivity contribution in [3.8, 4) is 6.07 Å². The average Bonchev–Trinajstić information content (AvgIpc) is 2.17. The number of pyridine rings is 1. The number of aromatic nitrogens is 1. The van der Waals surface area contributed by atoms with Gasteiger partial charge in [0.25, 0.3) is 0 Å². The van der Waals surface area contributed by atoms with Crippen LogP contribution in [0.3, 0.4) is 0 Å². The zero-order valence-electron chi connectivity index (χ0n) is 7.79. The molecule has 1 aromatic rings. The summed E-state index contributed by atoms with van der Waals surface area (Å²) >= 11 is 5.64. The zero-order chi connectivity index (χ0) is 10.4. The number of hydrogen-bond donors (Lipinski definition) is 1. The molecule has 72 valence electrons. The Morgan fingerprint density at radius 1 is 1.71 bits per heavy atom. The zero-order valence-corrected chi connectivity index (χ0v) is 8.54. The van der Waals surface area contributed by atoms with E-state index in [2.05, 4.69) is 10.3 Å². The van der Waals surface area contributed by atoms with Crippen LogP contribution in [0.5, 0.6) is 0 Å². The lowest BCUT2D eigenvalue weighted by Gasteiger charge is -2.04. The molecule has 4 heteroatoms. The van der Waals surface area contributed by atoms with E-state index in [1.807, 2.05) is 19.1 Å². The van der Waals surface area contributed by atoms with Gasteiger partial charge in [0.2, 0.25) is 0 Å². The van der Waals surface area contributed by atoms with E-state index in [9.17, 15) is 0 Å². The molecule has 1 heterocycles. The second-order valence-corrected chi connectivity index (χ2v) is 3.19. The van der Waals surface area contributed by atoms with Crippen molar-refractivity contribution < 1.29 is 0 Å². The topological polar surface area (TPSA) is 48.7 Å². The Balaban J connectivity index is 2.51. The molecule has 0 atom stereocenters. The summed E-state index contributed by atoms with van der Waals surface area (Å²) in [6.07, 6.45) is 3.17. The van der Waals surface area contributed by atoms with E-state index in [0.717, 1.165) is 11.3 Å². The van der Waals surface area contributed by atoms with Gasteiger partial charge in [-0.05, 0) is 18.6 Å². The minimum Gasteiger partial charge on any atom is -0.384 e. The maximum absolute atomic E-state index is 8.37. The maximum Gasteiger partial charge on any atom is 0.129 e. The highest BCUT2D eigenvalue weighted by atomic mass is 35.5. The summed E-state index contributed by atoms with van der Waals surface area (Å²) < 4.78 is 0. The standard InChI is InChI=1S/C10H10ClN3/c1-8(4-5-12)13-6-9-2-3-10(11)14-7-9/h2-4,7,13H,6H2,1H3. The first-order chi connectivity index (χ1) is 6.72. The third-order valence-corrected chi connectivity index (χ3v) is 1.86. The van der Waals surface area contributed by atoms with Crippen LogP contribution in [0.2, 0.25) is 5.15 Å². The van der Waals surface area contributed by atoms with Gasteiger partial charge in [-0.1, -0.05) is 17.7 Å². The predicted molar refractivity (Wildman–Crippen MR) is 55.5 cm³/mol. The number of halogens is 1. The lowest BCUT2D eigenvalue weighted by atomic mass is 10.3. The van der Waals surface area contributed by atoms with Gasteiger partial charge in [-0.3, -0.25) is 0 Å². The molecule has 0 saturated heterocycles. The first-order valence-electron chi connectivity index (χ1n) is 4.13. The number of hydrogen-bond acceptors (Lipinski definition) is 3. The van der Waals surface area contributed by atoms with Crippen molar-refractivity contribution in [2.24, 2.45) is 0 Å². The Hall–Kier alpha value is -1.53. The molecule has 0 amide bonds. The lowest BCUT2D eigenvalue weighted by Crippen LogP contribution is -2.10. The molecule has 1 rings (SSSR count). The van der Waals surface area contributed by atoms with Crippen LogP contribution in [0.4, 0.5) is 0 Å². The van der Waals surface area contributed by atoms with Gasteiger partial charge in [0.15, 0.2) is 0 Å². The van der Waals surface area contributed by atoms with Crippen molar-refractivity contribution in [1.82, 2.24) is 10.3 Å². The Morgan fingerprint density at radius 3 is 3.07 bits per heavy atom. The molecule has 0 radical (unpaired) electrons. The van der Waals surface area contributed by atoms with Crippen molar-refractivity contribution in [3.05, 3.63) is 40.8 Å². The minimum absolute atomic E-state index is 0.484. The highest BCUT2D eigenvalue weighted by Crippen LogP contribution is 2.05. The van der Waals surface area contributed by atoms with Crippen molar-refractivity contribution in [1.29, 1.82) is 5.26 Å². The third-order valence-electron chi connectivity index (χ3n) is 1.64. The van der Waals surface area contributed by atoms with Gasteiger partial charge in [-0.25, -0.2) is 4.98 Å². The van der Waals surface area contributed by atoms with E-state index in [1.165, 1.54) is 6.08 Å². The van der Waals surface area contributed by atoms with Crippen LogP contribution in [0.15, 0.2) is 30.1 Å². The second-order valence-electron chi connectivity index (χ2n) is 2.80. The van der Waals surface area contributed by atoms with Gasteiger partial charge < -0.3 is 5.32 Å². The van der Waals surface area contributed by atoms with Gasteiger partial charge in [0, 0.05) is 24.5 Å². The smallest absolute Gasteiger partial charge is 0.129 e. The van der Waals surface area contributed by atoms with Gasteiger partial charge in [0.1, 0.15) is 5.15 Å². The average molecular weight is 208 g/mol. The first-order valence-corrected chi connectivity index (χ1v) is 4.51. The fraction of sp³-hybridized carbons (Fsp3) is 0.200. The summed E-state index contributed by atoms with van der Waals surface area (Å²) in [4.78, 5) is 3.94. The van der Waals surface area contributed by atoms with E-state index in [-0.39, 0.29) is 0 Å². The van der Waals surface area contributed by atoms with Crippen LogP contribution in [0.1, 0.15) is 12.5 Å². The molecule has 0 fully saturated rings. The van der Waals surface area contributed by atoms with Crippen LogP contribution in [-0.4, -0.2) is 4.98 Å². The molecule has 0 spiro atoms. The molecule has 3 nitrogen and oxygen atoms in total. The fourth-order valence-corrected chi connectivity index (χ4v) is 1.01. The third kappa shape index (κ3) is 3.46. The van der Waals surface area contributed by atoms with Crippen molar-refractivity contribution >= 4 is 11.6 Å². The number of rotatable bonds is 3. The molecule has 0 aliphatic carbocycles. The molecular weight excluding hydrogens is 198 g/mol. The van der Waals surface area contributed by atoms with Crippen LogP contribution in [0.25, 0.3) is 0 Å². The van der Waals surface area contributed by atoms with Gasteiger partial charge in [-0.2, -0.15) is 5.26 Å². The van der Waals surface area contributed by atoms with E-state index < -0.39 is 0 Å². The van der Waals surface area contributed by atoms with Crippen molar-refractivity contribution in [2.45, 2.75) is 13.5 Å². The van der Waals surface area contributed by atoms with Crippen molar-refractivity contribution in [2.75, 3.05) is 0 Å². The molecule has 14 heavy (non-hydrogen) atoms. The van der Waals surface area contributed by atoms with Crippen LogP contribution in [0, 0.1) is 11.3 Å². The molecule has 0 aromatic carbocycles. The molecule has 0 bridgehead atoms. The van der Waals surface area contributed by atoms with Gasteiger partial charge in [-0.15, -0.1) is 0 Å². The molecule has 0 aliphatic heterocycles. The number of allylic oxidation sites excluding steroid dienone is 2. The first kappa shape index (κ1) is 10.6. The Morgan fingerprint density at radius 2 is 2.50 bits per heavy atom. The largest absolute Gasteiger partial charge is 0.384 e. The normalized spacial score (nSPS) is 10.8. The summed E-state index contributed by atoms with van der Waals surface area (Å²) in [6.45, 7) is 2.49. The van der Waals surface area contributed by atoms with Crippen LogP contribution in [-0.2, 0) is 6.54 Å². The highest BCUT2D eigenvalue weighted by molar-refractivity contribution is 6.29. The SMILES string of the molecule is CC(=CC#N)NCc1ccc(Cl)nc1.